The zero-order valence-corrected chi connectivity index (χ0v) is 31.3. The molecule has 9 heteroatoms. The van der Waals surface area contributed by atoms with Crippen LogP contribution >= 0.6 is 7.82 Å². The van der Waals surface area contributed by atoms with Gasteiger partial charge in [-0.25, -0.2) is 4.57 Å². The summed E-state index contributed by atoms with van der Waals surface area (Å²) >= 11 is 0. The van der Waals surface area contributed by atoms with Gasteiger partial charge in [-0.15, -0.1) is 0 Å². The first-order valence-electron chi connectivity index (χ1n) is 17.6. The highest BCUT2D eigenvalue weighted by atomic mass is 31.2. The smallest absolute Gasteiger partial charge is 0.387 e. The summed E-state index contributed by atoms with van der Waals surface area (Å²) in [5, 5.41) is 13.6. The number of aliphatic hydroxyl groups excluding tert-OH is 1. The Kier molecular flexibility index (Phi) is 28.8. The molecule has 0 spiro atoms. The molecule has 0 saturated carbocycles. The van der Waals surface area contributed by atoms with E-state index in [9.17, 15) is 19.4 Å². The Bertz CT molecular complexity index is 1100. The van der Waals surface area contributed by atoms with Crippen molar-refractivity contribution in [3.8, 4) is 0 Å². The van der Waals surface area contributed by atoms with Gasteiger partial charge in [-0.3, -0.25) is 13.8 Å². The van der Waals surface area contributed by atoms with Gasteiger partial charge in [-0.2, -0.15) is 0 Å². The highest BCUT2D eigenvalue weighted by molar-refractivity contribution is 7.47. The second-order valence-corrected chi connectivity index (χ2v) is 14.0. The van der Waals surface area contributed by atoms with Crippen LogP contribution in [0.3, 0.4) is 0 Å². The van der Waals surface area contributed by atoms with Crippen molar-refractivity contribution in [2.75, 3.05) is 40.9 Å². The molecular weight excluding hydrogens is 623 g/mol. The summed E-state index contributed by atoms with van der Waals surface area (Å²) in [7, 11) is 1.48. The van der Waals surface area contributed by atoms with Crippen LogP contribution in [0.25, 0.3) is 0 Å². The number of unbranched alkanes of at least 4 members (excludes halogenated alkanes) is 3. The van der Waals surface area contributed by atoms with E-state index in [4.69, 9.17) is 9.05 Å². The van der Waals surface area contributed by atoms with Crippen molar-refractivity contribution in [3.63, 3.8) is 0 Å². The Hall–Kier alpha value is -2.58. The Balaban J connectivity index is 4.70. The van der Waals surface area contributed by atoms with Gasteiger partial charge in [0.05, 0.1) is 39.9 Å². The normalized spacial score (nSPS) is 15.9. The maximum Gasteiger partial charge on any atom is 0.472 e. The Labute approximate surface area is 292 Å². The lowest BCUT2D eigenvalue weighted by Gasteiger charge is -2.25. The van der Waals surface area contributed by atoms with Gasteiger partial charge in [0.25, 0.3) is 0 Å². The molecule has 0 aliphatic carbocycles. The fourth-order valence-corrected chi connectivity index (χ4v) is 4.79. The Morgan fingerprint density at radius 3 is 1.79 bits per heavy atom. The molecule has 3 atom stereocenters. The molecule has 1 amide bonds. The molecule has 0 aromatic carbocycles. The fourth-order valence-electron chi connectivity index (χ4n) is 4.05. The van der Waals surface area contributed by atoms with Gasteiger partial charge in [0.2, 0.25) is 5.91 Å². The molecule has 0 aromatic heterocycles. The lowest BCUT2D eigenvalue weighted by atomic mass is 10.1. The highest BCUT2D eigenvalue weighted by Gasteiger charge is 2.27. The number of hydrogen-bond donors (Lipinski definition) is 3. The standard InChI is InChI=1S/C39H65N2O6P/c1-6-8-10-12-14-16-17-18-19-20-21-22-23-25-27-29-31-33-39(43)40-37(36-47-48(44,45)46-35-34-41(3,4)5)38(42)32-30-28-26-24-15-13-11-9-7-2/h7-10,14-16,18-19,21-22,24-25,27,30,32,37-38,42H,6,11-13,17,20,23,26,28-29,31,33-36H2,1-5H3,(H-,40,43,44,45)/p+1/b9-7+,10-8-,16-14-,19-18-,22-21-,24-15+,27-25-,32-30+. The summed E-state index contributed by atoms with van der Waals surface area (Å²) in [6.07, 6.45) is 42.2. The number of nitrogens with zero attached hydrogens (tertiary/aromatic N) is 1. The predicted molar refractivity (Wildman–Crippen MR) is 202 cm³/mol. The number of amides is 1. The van der Waals surface area contributed by atoms with Crippen LogP contribution in [0.2, 0.25) is 0 Å². The topological polar surface area (TPSA) is 105 Å². The number of phosphoric acid groups is 1. The number of aliphatic hydroxyl groups is 1. The third-order valence-electron chi connectivity index (χ3n) is 6.86. The molecule has 0 saturated heterocycles. The third kappa shape index (κ3) is 32.0. The lowest BCUT2D eigenvalue weighted by molar-refractivity contribution is -0.870. The van der Waals surface area contributed by atoms with E-state index >= 15 is 0 Å². The van der Waals surface area contributed by atoms with E-state index in [-0.39, 0.29) is 25.5 Å². The molecule has 0 bridgehead atoms. The van der Waals surface area contributed by atoms with E-state index < -0.39 is 20.0 Å². The number of quaternary nitrogens is 1. The Morgan fingerprint density at radius 2 is 1.25 bits per heavy atom. The number of hydrogen-bond acceptors (Lipinski definition) is 5. The molecule has 0 fully saturated rings. The van der Waals surface area contributed by atoms with Gasteiger partial charge in [0.1, 0.15) is 13.2 Å². The minimum absolute atomic E-state index is 0.0365. The highest BCUT2D eigenvalue weighted by Crippen LogP contribution is 2.43. The van der Waals surface area contributed by atoms with Crippen LogP contribution in [0.1, 0.15) is 90.9 Å². The Morgan fingerprint density at radius 1 is 0.750 bits per heavy atom. The molecule has 0 heterocycles. The molecule has 0 radical (unpaired) electrons. The van der Waals surface area contributed by atoms with Crippen molar-refractivity contribution in [1.82, 2.24) is 5.32 Å². The molecule has 0 aliphatic rings. The number of carbonyl (C=O) groups excluding carboxylic acids is 1. The van der Waals surface area contributed by atoms with Crippen LogP contribution in [-0.4, -0.2) is 73.4 Å². The monoisotopic (exact) mass is 689 g/mol. The summed E-state index contributed by atoms with van der Waals surface area (Å²) in [5.41, 5.74) is 0. The van der Waals surface area contributed by atoms with Crippen molar-refractivity contribution < 1.29 is 32.9 Å². The predicted octanol–water partition coefficient (Wildman–Crippen LogP) is 8.84. The molecule has 3 unspecified atom stereocenters. The number of nitrogens with one attached hydrogen (secondary N) is 1. The molecule has 0 rings (SSSR count). The summed E-state index contributed by atoms with van der Waals surface area (Å²) in [4.78, 5) is 22.9. The van der Waals surface area contributed by atoms with E-state index in [1.165, 1.54) is 0 Å². The van der Waals surface area contributed by atoms with Crippen molar-refractivity contribution in [3.05, 3.63) is 97.2 Å². The van der Waals surface area contributed by atoms with Crippen LogP contribution in [0.4, 0.5) is 0 Å². The van der Waals surface area contributed by atoms with Crippen molar-refractivity contribution >= 4 is 13.7 Å². The summed E-state index contributed by atoms with van der Waals surface area (Å²) in [6, 6.07) is -0.902. The van der Waals surface area contributed by atoms with E-state index in [1.54, 1.807) is 6.08 Å². The van der Waals surface area contributed by atoms with Crippen LogP contribution in [0.15, 0.2) is 97.2 Å². The van der Waals surface area contributed by atoms with E-state index in [1.807, 2.05) is 40.2 Å². The van der Waals surface area contributed by atoms with Crippen LogP contribution < -0.4 is 5.32 Å². The number of carbonyl (C=O) groups is 1. The summed E-state index contributed by atoms with van der Waals surface area (Å²) in [6.45, 7) is 4.33. The molecule has 8 nitrogen and oxygen atoms in total. The molecule has 3 N–H and O–H groups in total. The number of rotatable bonds is 29. The molecular formula is C39H66N2O6P+. The number of phosphoric ester groups is 1. The van der Waals surface area contributed by atoms with Gasteiger partial charge < -0.3 is 19.8 Å². The van der Waals surface area contributed by atoms with E-state index in [0.717, 1.165) is 64.2 Å². The van der Waals surface area contributed by atoms with Crippen LogP contribution in [0.5, 0.6) is 0 Å². The lowest BCUT2D eigenvalue weighted by Crippen LogP contribution is -2.45. The second kappa shape index (κ2) is 30.5. The van der Waals surface area contributed by atoms with Crippen LogP contribution in [0, 0.1) is 0 Å². The van der Waals surface area contributed by atoms with Crippen LogP contribution in [-0.2, 0) is 18.4 Å². The summed E-state index contributed by atoms with van der Waals surface area (Å²) in [5.74, 6) is -0.258. The average Bonchev–Trinajstić information content (AvgIpc) is 3.02. The minimum Gasteiger partial charge on any atom is -0.387 e. The first kappa shape index (κ1) is 45.4. The number of allylic oxidation sites excluding steroid dienone is 15. The van der Waals surface area contributed by atoms with Crippen molar-refractivity contribution in [2.45, 2.75) is 103 Å². The first-order valence-corrected chi connectivity index (χ1v) is 19.1. The van der Waals surface area contributed by atoms with Gasteiger partial charge in [-0.1, -0.05) is 104 Å². The van der Waals surface area contributed by atoms with Crippen molar-refractivity contribution in [1.29, 1.82) is 0 Å². The maximum absolute atomic E-state index is 12.7. The van der Waals surface area contributed by atoms with E-state index in [2.05, 4.69) is 91.2 Å². The third-order valence-corrected chi connectivity index (χ3v) is 7.84. The molecule has 0 aliphatic heterocycles. The van der Waals surface area contributed by atoms with Gasteiger partial charge in [-0.05, 0) is 77.6 Å². The van der Waals surface area contributed by atoms with Gasteiger partial charge in [0.15, 0.2) is 0 Å². The molecule has 272 valence electrons. The zero-order valence-electron chi connectivity index (χ0n) is 30.4. The van der Waals surface area contributed by atoms with Gasteiger partial charge >= 0.3 is 7.82 Å². The van der Waals surface area contributed by atoms with E-state index in [0.29, 0.717) is 17.4 Å². The number of likely N-dealkylation sites (N-methyl/N-ethyl adjacent to an activating group) is 1. The fraction of sp³-hybridized carbons (Fsp3) is 0.564. The SMILES string of the molecule is C/C=C/CC/C=C/CC/C=C/C(O)C(COP(=O)(O)OCC[N+](C)(C)C)NC(=O)CCC/C=C\C/C=C\C/C=C\C/C=C\C/C=C\CC. The maximum atomic E-state index is 12.7. The van der Waals surface area contributed by atoms with Crippen molar-refractivity contribution in [2.24, 2.45) is 0 Å². The zero-order chi connectivity index (χ0) is 35.8. The van der Waals surface area contributed by atoms with Gasteiger partial charge in [0, 0.05) is 6.42 Å². The first-order chi connectivity index (χ1) is 23.0. The average molecular weight is 690 g/mol. The minimum atomic E-state index is -4.36. The summed E-state index contributed by atoms with van der Waals surface area (Å²) < 4.78 is 23.3. The second-order valence-electron chi connectivity index (χ2n) is 12.5. The molecule has 48 heavy (non-hydrogen) atoms. The molecule has 0 aromatic rings. The largest absolute Gasteiger partial charge is 0.472 e. The quantitative estimate of drug-likeness (QED) is 0.0314.